The minimum Gasteiger partial charge on any atom is -0.508 e. The highest BCUT2D eigenvalue weighted by Gasteiger charge is 2.63. The standard InChI is InChI=1S/C47H64O17/c1-5-28(3)17-11-9-12-18-29(4)33(51)20-14-10-16-22-38(54)62-44-43(35(25-48)64-47(45(44)58)39-30(26-60-47)23-32(50)24-34(39)52)63-46-42(57)41(56)40(55)36(61-46)27-59-37(53)21-15-8-7-13-19-31(49)6-2/h7-10,12-16,18-19,21-24,28,31,33,35-36,40-46,48-52,55-58H,5-6,11,17,20,25-27H2,1-4H3/t28-,31+,33-,35+,36-,40-,41-,42-,43-,44+,45+,46+,47-/m0/s1. The van der Waals surface area contributed by atoms with Crippen molar-refractivity contribution in [3.63, 3.8) is 0 Å². The van der Waals surface area contributed by atoms with Gasteiger partial charge >= 0.3 is 11.9 Å². The molecule has 1 spiro atoms. The van der Waals surface area contributed by atoms with E-state index in [-0.39, 0.29) is 29.9 Å². The zero-order valence-corrected chi connectivity index (χ0v) is 36.5. The van der Waals surface area contributed by atoms with Crippen LogP contribution in [0, 0.1) is 5.92 Å². The summed E-state index contributed by atoms with van der Waals surface area (Å²) in [6.45, 7) is 6.16. The fourth-order valence-electron chi connectivity index (χ4n) is 7.09. The summed E-state index contributed by atoms with van der Waals surface area (Å²) in [6.07, 6.45) is 6.33. The first kappa shape index (κ1) is 52.1. The lowest BCUT2D eigenvalue weighted by atomic mass is 9.86. The van der Waals surface area contributed by atoms with E-state index in [0.717, 1.165) is 43.1 Å². The van der Waals surface area contributed by atoms with Gasteiger partial charge in [0.15, 0.2) is 18.5 Å². The first-order chi connectivity index (χ1) is 30.6. The molecule has 0 saturated carbocycles. The van der Waals surface area contributed by atoms with Crippen LogP contribution in [0.1, 0.15) is 70.9 Å². The van der Waals surface area contributed by atoms with E-state index in [1.165, 1.54) is 30.4 Å². The van der Waals surface area contributed by atoms with Crippen molar-refractivity contribution in [2.24, 2.45) is 5.92 Å². The summed E-state index contributed by atoms with van der Waals surface area (Å²) in [4.78, 5) is 25.8. The number of esters is 2. The molecule has 3 aliphatic rings. The number of carbonyl (C=O) groups is 2. The summed E-state index contributed by atoms with van der Waals surface area (Å²) >= 11 is 0. The molecule has 1 aromatic rings. The molecule has 64 heavy (non-hydrogen) atoms. The Kier molecular flexibility index (Phi) is 20.6. The number of aromatic hydroxyl groups is 2. The number of allylic oxidation sites excluding steroid dienone is 9. The van der Waals surface area contributed by atoms with Crippen molar-refractivity contribution in [1.82, 2.24) is 0 Å². The number of phenolic OH excluding ortho intramolecular Hbond substituents is 2. The number of ether oxygens (including phenoxy) is 6. The lowest BCUT2D eigenvalue weighted by molar-refractivity contribution is -0.395. The first-order valence-electron chi connectivity index (χ1n) is 21.5. The Bertz CT molecular complexity index is 1890. The van der Waals surface area contributed by atoms with Crippen LogP contribution in [-0.2, 0) is 50.4 Å². The molecule has 17 heteroatoms. The third kappa shape index (κ3) is 14.0. The summed E-state index contributed by atoms with van der Waals surface area (Å²) in [5, 5.41) is 96.3. The molecule has 4 rings (SSSR count). The molecule has 1 aromatic carbocycles. The van der Waals surface area contributed by atoms with Gasteiger partial charge in [-0.1, -0.05) is 94.0 Å². The van der Waals surface area contributed by atoms with Gasteiger partial charge in [-0.05, 0) is 55.7 Å². The SMILES string of the molecule is CC[C@H](C)CCC=CC=C(C)[C@@H](O)CC=CC=CC(=O)O[C@@H]1[C@@H](O[C@H]2O[C@@H](COC(=O)C=CC=CC=C[C@H](O)CC)[C@H](O)[C@H](O)[C@@H]2O)[C@@H](CO)O[C@]2(OCc3cc(O)cc(O)c32)[C@@H]1O. The van der Waals surface area contributed by atoms with E-state index < -0.39 is 104 Å². The van der Waals surface area contributed by atoms with Crippen molar-refractivity contribution in [3.05, 3.63) is 108 Å². The molecule has 2 saturated heterocycles. The fourth-order valence-corrected chi connectivity index (χ4v) is 7.09. The van der Waals surface area contributed by atoms with Gasteiger partial charge in [0.1, 0.15) is 54.7 Å². The molecule has 0 unspecified atom stereocenters. The lowest BCUT2D eigenvalue weighted by Crippen LogP contribution is -2.67. The largest absolute Gasteiger partial charge is 0.508 e. The Hall–Kier alpha value is -4.50. The number of carbonyl (C=O) groups excluding carboxylic acids is 2. The van der Waals surface area contributed by atoms with Crippen LogP contribution in [0.5, 0.6) is 11.5 Å². The summed E-state index contributed by atoms with van der Waals surface area (Å²) in [5.41, 5.74) is 0.834. The summed E-state index contributed by atoms with van der Waals surface area (Å²) in [6, 6.07) is 2.25. The van der Waals surface area contributed by atoms with Crippen molar-refractivity contribution in [3.8, 4) is 11.5 Å². The zero-order chi connectivity index (χ0) is 47.0. The van der Waals surface area contributed by atoms with Gasteiger partial charge in [-0.2, -0.15) is 0 Å². The van der Waals surface area contributed by atoms with Crippen molar-refractivity contribution < 1.29 is 84.0 Å². The van der Waals surface area contributed by atoms with E-state index in [4.69, 9.17) is 28.4 Å². The van der Waals surface area contributed by atoms with Gasteiger partial charge in [0.05, 0.1) is 31.0 Å². The van der Waals surface area contributed by atoms with Crippen LogP contribution >= 0.6 is 0 Å². The lowest BCUT2D eigenvalue weighted by Gasteiger charge is -2.50. The average molecular weight is 901 g/mol. The smallest absolute Gasteiger partial charge is 0.331 e. The second-order valence-electron chi connectivity index (χ2n) is 16.0. The Morgan fingerprint density at radius 3 is 2.31 bits per heavy atom. The Morgan fingerprint density at radius 2 is 1.59 bits per heavy atom. The minimum absolute atomic E-state index is 0.121. The maximum atomic E-state index is 13.4. The monoisotopic (exact) mass is 900 g/mol. The van der Waals surface area contributed by atoms with Gasteiger partial charge in [-0.3, -0.25) is 0 Å². The molecule has 354 valence electrons. The van der Waals surface area contributed by atoms with Crippen LogP contribution in [0.3, 0.4) is 0 Å². The summed E-state index contributed by atoms with van der Waals surface area (Å²) < 4.78 is 34.6. The van der Waals surface area contributed by atoms with Crippen LogP contribution in [0.15, 0.2) is 96.7 Å². The minimum atomic E-state index is -2.28. The van der Waals surface area contributed by atoms with Gasteiger partial charge < -0.3 is 74.4 Å². The highest BCUT2D eigenvalue weighted by atomic mass is 16.8. The van der Waals surface area contributed by atoms with Gasteiger partial charge in [-0.15, -0.1) is 0 Å². The molecule has 2 fully saturated rings. The van der Waals surface area contributed by atoms with Gasteiger partial charge in [-0.25, -0.2) is 9.59 Å². The second-order valence-corrected chi connectivity index (χ2v) is 16.0. The molecule has 13 atom stereocenters. The van der Waals surface area contributed by atoms with E-state index in [1.54, 1.807) is 31.2 Å². The molecular weight excluding hydrogens is 837 g/mol. The van der Waals surface area contributed by atoms with Crippen molar-refractivity contribution >= 4 is 11.9 Å². The third-order valence-electron chi connectivity index (χ3n) is 11.2. The van der Waals surface area contributed by atoms with Crippen LogP contribution < -0.4 is 0 Å². The molecule has 0 amide bonds. The molecule has 3 aliphatic heterocycles. The summed E-state index contributed by atoms with van der Waals surface area (Å²) in [5.74, 6) is -4.40. The van der Waals surface area contributed by atoms with Crippen LogP contribution in [0.25, 0.3) is 0 Å². The second kappa shape index (κ2) is 25.3. The van der Waals surface area contributed by atoms with E-state index >= 15 is 0 Å². The molecular formula is C47H64O17. The van der Waals surface area contributed by atoms with E-state index in [0.29, 0.717) is 12.3 Å². The Morgan fingerprint density at radius 1 is 0.875 bits per heavy atom. The number of benzene rings is 1. The molecule has 3 heterocycles. The fraction of sp³-hybridized carbons (Fsp3) is 0.532. The van der Waals surface area contributed by atoms with Crippen LogP contribution in [0.2, 0.25) is 0 Å². The zero-order valence-electron chi connectivity index (χ0n) is 36.5. The third-order valence-corrected chi connectivity index (χ3v) is 11.2. The van der Waals surface area contributed by atoms with Crippen LogP contribution in [0.4, 0.5) is 0 Å². The predicted molar refractivity (Wildman–Crippen MR) is 231 cm³/mol. The number of aliphatic hydroxyl groups is 7. The quantitative estimate of drug-likeness (QED) is 0.0488. The molecule has 0 radical (unpaired) electrons. The Balaban J connectivity index is 1.51. The number of aliphatic hydroxyl groups excluding tert-OH is 7. The van der Waals surface area contributed by atoms with Gasteiger partial charge in [0.25, 0.3) is 0 Å². The number of rotatable bonds is 21. The van der Waals surface area contributed by atoms with E-state index in [1.807, 2.05) is 19.1 Å². The Labute approximate surface area is 373 Å². The summed E-state index contributed by atoms with van der Waals surface area (Å²) in [7, 11) is 0. The number of hydrogen-bond donors (Lipinski definition) is 9. The van der Waals surface area contributed by atoms with Crippen molar-refractivity contribution in [2.45, 2.75) is 140 Å². The van der Waals surface area contributed by atoms with Crippen molar-refractivity contribution in [1.29, 1.82) is 0 Å². The molecule has 9 N–H and O–H groups in total. The van der Waals surface area contributed by atoms with Crippen molar-refractivity contribution in [2.75, 3.05) is 13.2 Å². The molecule has 0 aliphatic carbocycles. The van der Waals surface area contributed by atoms with Gasteiger partial charge in [0, 0.05) is 18.2 Å². The number of fused-ring (bicyclic) bond motifs is 2. The highest BCUT2D eigenvalue weighted by molar-refractivity contribution is 5.82. The first-order valence-corrected chi connectivity index (χ1v) is 21.5. The average Bonchev–Trinajstić information content (AvgIpc) is 3.64. The molecule has 0 bridgehead atoms. The molecule has 17 nitrogen and oxygen atoms in total. The molecule has 0 aromatic heterocycles. The number of hydrogen-bond acceptors (Lipinski definition) is 17. The van der Waals surface area contributed by atoms with Gasteiger partial charge in [0.2, 0.25) is 5.79 Å². The van der Waals surface area contributed by atoms with E-state index in [9.17, 15) is 55.5 Å². The highest BCUT2D eigenvalue weighted by Crippen LogP contribution is 2.51. The van der Waals surface area contributed by atoms with Crippen LogP contribution in [-0.4, -0.2) is 138 Å². The predicted octanol–water partition coefficient (Wildman–Crippen LogP) is 2.81. The number of phenols is 2. The maximum Gasteiger partial charge on any atom is 0.331 e. The normalized spacial score (nSPS) is 30.4. The maximum absolute atomic E-state index is 13.4. The van der Waals surface area contributed by atoms with E-state index in [2.05, 4.69) is 19.9 Å². The topological polar surface area (TPSA) is 272 Å².